The summed E-state index contributed by atoms with van der Waals surface area (Å²) >= 11 is 0. The van der Waals surface area contributed by atoms with E-state index in [9.17, 15) is 10.1 Å². The van der Waals surface area contributed by atoms with E-state index in [1.807, 2.05) is 24.3 Å². The average molecular weight is 412 g/mol. The first kappa shape index (κ1) is 20.0. The fourth-order valence-electron chi connectivity index (χ4n) is 5.67. The minimum atomic E-state index is -0.475. The van der Waals surface area contributed by atoms with Crippen LogP contribution in [0.1, 0.15) is 81.0 Å². The number of aryl methyl sites for hydroxylation is 1. The summed E-state index contributed by atoms with van der Waals surface area (Å²) in [6, 6.07) is 16.7. The van der Waals surface area contributed by atoms with Crippen molar-refractivity contribution in [1.29, 1.82) is 5.26 Å². The number of hydrogen-bond acceptors (Lipinski definition) is 3. The molecular formula is C27H29N3O. The normalized spacial score (nSPS) is 21.4. The van der Waals surface area contributed by atoms with Gasteiger partial charge in [-0.05, 0) is 60.4 Å². The molecule has 1 saturated carbocycles. The molecule has 158 valence electrons. The van der Waals surface area contributed by atoms with Crippen LogP contribution in [-0.2, 0) is 11.2 Å². The number of unbranched alkanes of at least 4 members (excludes halogenated alkanes) is 1. The molecule has 0 aromatic heterocycles. The number of carbonyl (C=O) groups excluding carboxylic acids is 1. The van der Waals surface area contributed by atoms with Crippen molar-refractivity contribution < 1.29 is 4.79 Å². The summed E-state index contributed by atoms with van der Waals surface area (Å²) in [6.45, 7) is 2.19. The Kier molecular flexibility index (Phi) is 5.14. The number of nitriles is 1. The van der Waals surface area contributed by atoms with Gasteiger partial charge in [-0.3, -0.25) is 14.7 Å². The van der Waals surface area contributed by atoms with Crippen molar-refractivity contribution in [1.82, 2.24) is 4.90 Å². The summed E-state index contributed by atoms with van der Waals surface area (Å²) in [5.41, 5.74) is 4.83. The molecule has 1 unspecified atom stereocenters. The Balaban J connectivity index is 1.49. The van der Waals surface area contributed by atoms with Crippen molar-refractivity contribution in [3.63, 3.8) is 0 Å². The van der Waals surface area contributed by atoms with Crippen LogP contribution in [0.25, 0.3) is 11.1 Å². The van der Waals surface area contributed by atoms with Crippen LogP contribution < -0.4 is 0 Å². The van der Waals surface area contributed by atoms with E-state index in [-0.39, 0.29) is 11.9 Å². The Morgan fingerprint density at radius 2 is 2.00 bits per heavy atom. The molecular weight excluding hydrogens is 382 g/mol. The summed E-state index contributed by atoms with van der Waals surface area (Å²) in [5.74, 6) is 1.26. The molecule has 1 amide bonds. The monoisotopic (exact) mass is 411 g/mol. The lowest BCUT2D eigenvalue weighted by Gasteiger charge is -2.29. The van der Waals surface area contributed by atoms with Crippen LogP contribution in [0, 0.1) is 11.3 Å². The van der Waals surface area contributed by atoms with Crippen LogP contribution >= 0.6 is 0 Å². The number of rotatable bonds is 5. The quantitative estimate of drug-likeness (QED) is 0.610. The minimum absolute atomic E-state index is 0.0957. The van der Waals surface area contributed by atoms with Gasteiger partial charge < -0.3 is 0 Å². The molecule has 0 N–H and O–H groups in total. The lowest BCUT2D eigenvalue weighted by atomic mass is 9.95. The third-order valence-corrected chi connectivity index (χ3v) is 7.28. The number of amides is 1. The molecule has 0 saturated heterocycles. The molecule has 1 atom stereocenters. The third kappa shape index (κ3) is 3.28. The Morgan fingerprint density at radius 3 is 2.77 bits per heavy atom. The van der Waals surface area contributed by atoms with Gasteiger partial charge >= 0.3 is 0 Å². The second-order valence-electron chi connectivity index (χ2n) is 9.17. The summed E-state index contributed by atoms with van der Waals surface area (Å²) in [7, 11) is 0. The first-order valence-electron chi connectivity index (χ1n) is 11.7. The number of nitrogens with zero attached hydrogens (tertiary/aromatic N) is 3. The fraction of sp³-hybridized carbons (Fsp3) is 0.444. The lowest BCUT2D eigenvalue weighted by molar-refractivity contribution is -0.132. The number of aliphatic imine (C=N–C) groups is 1. The van der Waals surface area contributed by atoms with E-state index in [0.717, 1.165) is 74.7 Å². The van der Waals surface area contributed by atoms with Crippen LogP contribution in [0.3, 0.4) is 0 Å². The van der Waals surface area contributed by atoms with Gasteiger partial charge in [0, 0.05) is 6.42 Å². The smallest absolute Gasteiger partial charge is 0.256 e. The molecule has 1 aliphatic heterocycles. The second-order valence-corrected chi connectivity index (χ2v) is 9.17. The maximum absolute atomic E-state index is 13.6. The van der Waals surface area contributed by atoms with Gasteiger partial charge in [0.1, 0.15) is 11.4 Å². The lowest BCUT2D eigenvalue weighted by Crippen LogP contribution is -2.42. The molecule has 2 aromatic carbocycles. The molecule has 1 spiro atoms. The Labute approximate surface area is 184 Å². The van der Waals surface area contributed by atoms with Crippen LogP contribution in [0.2, 0.25) is 0 Å². The summed E-state index contributed by atoms with van der Waals surface area (Å²) in [6.07, 6.45) is 9.00. The number of hydrogen-bond donors (Lipinski definition) is 0. The van der Waals surface area contributed by atoms with Crippen LogP contribution in [0.5, 0.6) is 0 Å². The Morgan fingerprint density at radius 1 is 1.19 bits per heavy atom. The second kappa shape index (κ2) is 7.96. The molecule has 1 fully saturated rings. The predicted molar refractivity (Wildman–Crippen MR) is 123 cm³/mol. The van der Waals surface area contributed by atoms with Crippen molar-refractivity contribution in [3.8, 4) is 17.2 Å². The summed E-state index contributed by atoms with van der Waals surface area (Å²) < 4.78 is 0. The first-order chi connectivity index (χ1) is 15.2. The molecule has 2 aromatic rings. The van der Waals surface area contributed by atoms with Gasteiger partial charge in [0.25, 0.3) is 5.91 Å². The van der Waals surface area contributed by atoms with Crippen molar-refractivity contribution in [2.24, 2.45) is 4.99 Å². The van der Waals surface area contributed by atoms with E-state index in [0.29, 0.717) is 5.56 Å². The van der Waals surface area contributed by atoms with Crippen molar-refractivity contribution >= 4 is 11.7 Å². The van der Waals surface area contributed by atoms with E-state index >= 15 is 0 Å². The van der Waals surface area contributed by atoms with Crippen molar-refractivity contribution in [2.45, 2.75) is 76.3 Å². The number of fused-ring (bicyclic) bond motifs is 1. The van der Waals surface area contributed by atoms with Gasteiger partial charge in [-0.15, -0.1) is 0 Å². The minimum Gasteiger partial charge on any atom is -0.291 e. The average Bonchev–Trinajstić information content (AvgIpc) is 3.51. The largest absolute Gasteiger partial charge is 0.291 e. The van der Waals surface area contributed by atoms with Crippen LogP contribution in [-0.4, -0.2) is 22.2 Å². The molecule has 3 aliphatic rings. The Hall–Kier alpha value is -2.93. The molecule has 1 heterocycles. The third-order valence-electron chi connectivity index (χ3n) is 7.28. The maximum atomic E-state index is 13.6. The van der Waals surface area contributed by atoms with Gasteiger partial charge in [0.15, 0.2) is 0 Å². The highest BCUT2D eigenvalue weighted by Crippen LogP contribution is 2.46. The van der Waals surface area contributed by atoms with Crippen molar-refractivity contribution in [2.75, 3.05) is 0 Å². The number of benzene rings is 2. The number of carbonyl (C=O) groups is 1. The molecule has 0 radical (unpaired) electrons. The molecule has 31 heavy (non-hydrogen) atoms. The van der Waals surface area contributed by atoms with Gasteiger partial charge in [0.05, 0.1) is 17.7 Å². The van der Waals surface area contributed by atoms with Gasteiger partial charge in [-0.1, -0.05) is 62.6 Å². The number of amidine groups is 1. The molecule has 0 bridgehead atoms. The predicted octanol–water partition coefficient (Wildman–Crippen LogP) is 5.96. The fourth-order valence-corrected chi connectivity index (χ4v) is 5.67. The topological polar surface area (TPSA) is 56.5 Å². The molecule has 2 aliphatic carbocycles. The zero-order valence-corrected chi connectivity index (χ0v) is 18.2. The van der Waals surface area contributed by atoms with Gasteiger partial charge in [0.2, 0.25) is 0 Å². The van der Waals surface area contributed by atoms with E-state index in [1.54, 1.807) is 0 Å². The SMILES string of the molecule is CCCCC1=NC2(CCCC2)C(=O)N1C1CCc2cc(-c3ccccc3C#N)ccc21. The zero-order valence-electron chi connectivity index (χ0n) is 18.2. The summed E-state index contributed by atoms with van der Waals surface area (Å²) in [5, 5.41) is 9.48. The van der Waals surface area contributed by atoms with E-state index in [4.69, 9.17) is 4.99 Å². The zero-order chi connectivity index (χ0) is 21.4. The Bertz CT molecular complexity index is 1090. The van der Waals surface area contributed by atoms with E-state index < -0.39 is 5.54 Å². The molecule has 4 heteroatoms. The highest BCUT2D eigenvalue weighted by atomic mass is 16.2. The first-order valence-corrected chi connectivity index (χ1v) is 11.7. The van der Waals surface area contributed by atoms with E-state index in [1.165, 1.54) is 11.1 Å². The molecule has 5 rings (SSSR count). The van der Waals surface area contributed by atoms with Crippen LogP contribution in [0.15, 0.2) is 47.5 Å². The van der Waals surface area contributed by atoms with Crippen molar-refractivity contribution in [3.05, 3.63) is 59.2 Å². The maximum Gasteiger partial charge on any atom is 0.256 e. The summed E-state index contributed by atoms with van der Waals surface area (Å²) in [4.78, 5) is 20.8. The van der Waals surface area contributed by atoms with Crippen LogP contribution in [0.4, 0.5) is 0 Å². The van der Waals surface area contributed by atoms with E-state index in [2.05, 4.69) is 36.1 Å². The standard InChI is InChI=1S/C27H29N3O/c1-2-3-10-25-29-27(15-6-7-16-27)26(31)30(25)24-14-12-20-17-19(11-13-23(20)24)22-9-5-4-8-21(22)18-28/h4-5,8-9,11,13,17,24H,2-3,6-7,10,12,14-16H2,1H3. The molecule has 4 nitrogen and oxygen atoms in total. The highest BCUT2D eigenvalue weighted by Gasteiger charge is 2.52. The van der Waals surface area contributed by atoms with Gasteiger partial charge in [-0.2, -0.15) is 5.26 Å². The highest BCUT2D eigenvalue weighted by molar-refractivity contribution is 6.08. The van der Waals surface area contributed by atoms with Gasteiger partial charge in [-0.25, -0.2) is 0 Å².